The standard InChI is InChI=1S/C42H26N2O/c1-2-11-27(12-3-1)28-13-10-14-29(23-28)43-37-18-7-4-15-31(37)33-22-21-30(24-39(33)43)44-38-19-8-5-16-32(38)35-25-36-34-17-6-9-20-41(34)45-42(36)26-40(35)44/h1-26H. The van der Waals surface area contributed by atoms with Crippen LogP contribution in [0, 0.1) is 0 Å². The van der Waals surface area contributed by atoms with E-state index in [4.69, 9.17) is 4.42 Å². The minimum Gasteiger partial charge on any atom is -0.456 e. The van der Waals surface area contributed by atoms with Crippen LogP contribution in [0.5, 0.6) is 0 Å². The smallest absolute Gasteiger partial charge is 0.137 e. The lowest BCUT2D eigenvalue weighted by atomic mass is 10.1. The predicted molar refractivity (Wildman–Crippen MR) is 188 cm³/mol. The van der Waals surface area contributed by atoms with Crippen LogP contribution in [0.2, 0.25) is 0 Å². The van der Waals surface area contributed by atoms with Crippen LogP contribution >= 0.6 is 0 Å². The Morgan fingerprint density at radius 2 is 0.911 bits per heavy atom. The average molecular weight is 575 g/mol. The third-order valence-corrected chi connectivity index (χ3v) is 9.30. The van der Waals surface area contributed by atoms with Crippen LogP contribution in [0.25, 0.3) is 88.1 Å². The van der Waals surface area contributed by atoms with Crippen molar-refractivity contribution in [2.75, 3.05) is 0 Å². The zero-order chi connectivity index (χ0) is 29.5. The van der Waals surface area contributed by atoms with Gasteiger partial charge in [0.2, 0.25) is 0 Å². The van der Waals surface area contributed by atoms with Crippen LogP contribution in [-0.4, -0.2) is 9.13 Å². The Balaban J connectivity index is 1.27. The number of benzene rings is 7. The quantitative estimate of drug-likeness (QED) is 0.206. The number of hydrogen-bond donors (Lipinski definition) is 0. The molecule has 0 aliphatic rings. The number of hydrogen-bond acceptors (Lipinski definition) is 1. The fourth-order valence-corrected chi connectivity index (χ4v) is 7.30. The van der Waals surface area contributed by atoms with Crippen molar-refractivity contribution in [1.29, 1.82) is 0 Å². The minimum atomic E-state index is 0.903. The average Bonchev–Trinajstić information content (AvgIpc) is 3.74. The molecule has 0 saturated heterocycles. The summed E-state index contributed by atoms with van der Waals surface area (Å²) in [7, 11) is 0. The van der Waals surface area contributed by atoms with Crippen molar-refractivity contribution in [2.45, 2.75) is 0 Å². The van der Waals surface area contributed by atoms with Gasteiger partial charge < -0.3 is 13.6 Å². The fraction of sp³-hybridized carbons (Fsp3) is 0. The van der Waals surface area contributed by atoms with Crippen LogP contribution in [0.3, 0.4) is 0 Å². The van der Waals surface area contributed by atoms with Crippen LogP contribution in [-0.2, 0) is 0 Å². The third-order valence-electron chi connectivity index (χ3n) is 9.30. The maximum Gasteiger partial charge on any atom is 0.137 e. The molecular weight excluding hydrogens is 548 g/mol. The SMILES string of the molecule is c1ccc(-c2cccc(-n3c4ccccc4c4ccc(-n5c6ccccc6c6cc7c(cc65)oc5ccccc57)cc43)c2)cc1. The van der Waals surface area contributed by atoms with E-state index in [9.17, 15) is 0 Å². The molecule has 0 spiro atoms. The summed E-state index contributed by atoms with van der Waals surface area (Å²) < 4.78 is 11.2. The Morgan fingerprint density at radius 1 is 0.311 bits per heavy atom. The third kappa shape index (κ3) is 3.52. The number of nitrogens with zero attached hydrogens (tertiary/aromatic N) is 2. The second-order valence-corrected chi connectivity index (χ2v) is 11.8. The van der Waals surface area contributed by atoms with Gasteiger partial charge in [-0.3, -0.25) is 0 Å². The number of para-hydroxylation sites is 3. The molecule has 10 rings (SSSR count). The first-order chi connectivity index (χ1) is 22.3. The van der Waals surface area contributed by atoms with E-state index in [1.807, 2.05) is 12.1 Å². The van der Waals surface area contributed by atoms with E-state index in [0.717, 1.165) is 38.8 Å². The summed E-state index contributed by atoms with van der Waals surface area (Å²) in [6.45, 7) is 0. The number of aromatic nitrogens is 2. The molecule has 3 heterocycles. The topological polar surface area (TPSA) is 23.0 Å². The molecule has 10 aromatic rings. The molecule has 0 aliphatic carbocycles. The summed E-state index contributed by atoms with van der Waals surface area (Å²) >= 11 is 0. The number of fused-ring (bicyclic) bond motifs is 9. The van der Waals surface area contributed by atoms with Crippen molar-refractivity contribution < 1.29 is 4.42 Å². The van der Waals surface area contributed by atoms with Gasteiger partial charge in [-0.2, -0.15) is 0 Å². The molecule has 3 aromatic heterocycles. The largest absolute Gasteiger partial charge is 0.456 e. The summed E-state index contributed by atoms with van der Waals surface area (Å²) in [5, 5.41) is 7.23. The molecule has 3 heteroatoms. The molecular formula is C42H26N2O. The lowest BCUT2D eigenvalue weighted by molar-refractivity contribution is 0.669. The molecule has 45 heavy (non-hydrogen) atoms. The lowest BCUT2D eigenvalue weighted by Gasteiger charge is -2.12. The van der Waals surface area contributed by atoms with Crippen LogP contribution in [0.15, 0.2) is 162 Å². The highest BCUT2D eigenvalue weighted by Gasteiger charge is 2.18. The monoisotopic (exact) mass is 574 g/mol. The first kappa shape index (κ1) is 24.4. The first-order valence-corrected chi connectivity index (χ1v) is 15.4. The van der Waals surface area contributed by atoms with Gasteiger partial charge >= 0.3 is 0 Å². The van der Waals surface area contributed by atoms with E-state index in [0.29, 0.717) is 0 Å². The molecule has 0 bridgehead atoms. The first-order valence-electron chi connectivity index (χ1n) is 15.4. The van der Waals surface area contributed by atoms with Gasteiger partial charge in [0, 0.05) is 49.8 Å². The van der Waals surface area contributed by atoms with Gasteiger partial charge in [0.25, 0.3) is 0 Å². The summed E-state index contributed by atoms with van der Waals surface area (Å²) in [6, 6.07) is 56.6. The van der Waals surface area contributed by atoms with Crippen molar-refractivity contribution in [2.24, 2.45) is 0 Å². The van der Waals surface area contributed by atoms with Crippen LogP contribution in [0.1, 0.15) is 0 Å². The van der Waals surface area contributed by atoms with Gasteiger partial charge in [0.1, 0.15) is 11.2 Å². The zero-order valence-electron chi connectivity index (χ0n) is 24.3. The normalized spacial score (nSPS) is 12.0. The second kappa shape index (κ2) is 9.22. The summed E-state index contributed by atoms with van der Waals surface area (Å²) in [5.41, 5.74) is 11.2. The Labute approximate surface area is 258 Å². The molecule has 0 radical (unpaired) electrons. The van der Waals surface area contributed by atoms with Crippen molar-refractivity contribution in [3.8, 4) is 22.5 Å². The van der Waals surface area contributed by atoms with Gasteiger partial charge in [-0.05, 0) is 59.7 Å². The molecule has 3 nitrogen and oxygen atoms in total. The molecule has 0 fully saturated rings. The number of furan rings is 1. The van der Waals surface area contributed by atoms with E-state index < -0.39 is 0 Å². The maximum atomic E-state index is 6.36. The predicted octanol–water partition coefficient (Wildman–Crippen LogP) is 11.4. The van der Waals surface area contributed by atoms with Crippen LogP contribution < -0.4 is 0 Å². The summed E-state index contributed by atoms with van der Waals surface area (Å²) in [4.78, 5) is 0. The highest BCUT2D eigenvalue weighted by atomic mass is 16.3. The van der Waals surface area contributed by atoms with Gasteiger partial charge in [-0.1, -0.05) is 103 Å². The molecule has 0 saturated carbocycles. The minimum absolute atomic E-state index is 0.903. The lowest BCUT2D eigenvalue weighted by Crippen LogP contribution is -1.97. The Kier molecular flexibility index (Phi) is 5.00. The second-order valence-electron chi connectivity index (χ2n) is 11.8. The van der Waals surface area contributed by atoms with E-state index in [1.165, 1.54) is 49.2 Å². The van der Waals surface area contributed by atoms with Crippen molar-refractivity contribution in [3.63, 3.8) is 0 Å². The van der Waals surface area contributed by atoms with E-state index in [-0.39, 0.29) is 0 Å². The van der Waals surface area contributed by atoms with Gasteiger partial charge in [-0.25, -0.2) is 0 Å². The van der Waals surface area contributed by atoms with Crippen molar-refractivity contribution in [1.82, 2.24) is 9.13 Å². The van der Waals surface area contributed by atoms with Crippen molar-refractivity contribution in [3.05, 3.63) is 158 Å². The van der Waals surface area contributed by atoms with E-state index in [1.54, 1.807) is 0 Å². The molecule has 0 N–H and O–H groups in total. The van der Waals surface area contributed by atoms with Gasteiger partial charge in [-0.15, -0.1) is 0 Å². The zero-order valence-corrected chi connectivity index (χ0v) is 24.3. The van der Waals surface area contributed by atoms with Gasteiger partial charge in [0.05, 0.1) is 22.1 Å². The van der Waals surface area contributed by atoms with E-state index >= 15 is 0 Å². The summed E-state index contributed by atoms with van der Waals surface area (Å²) in [6.07, 6.45) is 0. The van der Waals surface area contributed by atoms with Crippen molar-refractivity contribution >= 4 is 65.6 Å². The molecule has 0 aliphatic heterocycles. The van der Waals surface area contributed by atoms with E-state index in [2.05, 4.69) is 155 Å². The molecule has 0 unspecified atom stereocenters. The Hall–Kier alpha value is -6.06. The Morgan fingerprint density at radius 3 is 1.71 bits per heavy atom. The van der Waals surface area contributed by atoms with Gasteiger partial charge in [0.15, 0.2) is 0 Å². The highest BCUT2D eigenvalue weighted by Crippen LogP contribution is 2.40. The van der Waals surface area contributed by atoms with Crippen LogP contribution in [0.4, 0.5) is 0 Å². The molecule has 7 aromatic carbocycles. The number of rotatable bonds is 3. The molecule has 0 atom stereocenters. The molecule has 0 amide bonds. The Bertz CT molecular complexity index is 2760. The maximum absolute atomic E-state index is 6.36. The highest BCUT2D eigenvalue weighted by molar-refractivity contribution is 6.17. The fourth-order valence-electron chi connectivity index (χ4n) is 7.30. The molecule has 210 valence electrons. The summed E-state index contributed by atoms with van der Waals surface area (Å²) in [5.74, 6) is 0.